The standard InChI is InChI=1S/C20H26F3N3O3/c1-17(2,3)29-16(27)26-14-18(4,5)15(19(14,6)7)28-11-8-12(20(21,22)23)13(9-24)25-10-11/h8,10,14-15H,1-7H3,(H,26,27). The zero-order chi connectivity index (χ0) is 22.4. The fourth-order valence-corrected chi connectivity index (χ4v) is 4.18. The van der Waals surface area contributed by atoms with Gasteiger partial charge >= 0.3 is 12.3 Å². The van der Waals surface area contributed by atoms with Crippen LogP contribution in [0, 0.1) is 22.2 Å². The highest BCUT2D eigenvalue weighted by Gasteiger charge is 2.64. The number of hydrogen-bond donors (Lipinski definition) is 1. The Hall–Kier alpha value is -2.50. The summed E-state index contributed by atoms with van der Waals surface area (Å²) in [6, 6.07) is 1.90. The molecule has 160 valence electrons. The molecule has 6 nitrogen and oxygen atoms in total. The van der Waals surface area contributed by atoms with Crippen molar-refractivity contribution in [3.8, 4) is 11.8 Å². The van der Waals surface area contributed by atoms with Crippen molar-refractivity contribution in [1.29, 1.82) is 5.26 Å². The van der Waals surface area contributed by atoms with Crippen LogP contribution in [0.25, 0.3) is 0 Å². The number of aromatic nitrogens is 1. The molecule has 0 bridgehead atoms. The number of hydrogen-bond acceptors (Lipinski definition) is 5. The normalized spacial score (nSPS) is 22.8. The number of nitriles is 1. The van der Waals surface area contributed by atoms with Gasteiger partial charge in [0.25, 0.3) is 0 Å². The molecule has 1 aliphatic carbocycles. The highest BCUT2D eigenvalue weighted by atomic mass is 19.4. The number of ether oxygens (including phenoxy) is 2. The van der Waals surface area contributed by atoms with Gasteiger partial charge in [-0.1, -0.05) is 27.7 Å². The number of carbonyl (C=O) groups is 1. The maximum Gasteiger partial charge on any atom is 0.419 e. The van der Waals surface area contributed by atoms with Crippen LogP contribution in [0.4, 0.5) is 18.0 Å². The second-order valence-electron chi connectivity index (χ2n) is 9.40. The quantitative estimate of drug-likeness (QED) is 0.778. The molecule has 2 rings (SSSR count). The molecule has 0 aliphatic heterocycles. The predicted octanol–water partition coefficient (Wildman–Crippen LogP) is 4.68. The van der Waals surface area contributed by atoms with Crippen molar-refractivity contribution in [2.75, 3.05) is 0 Å². The van der Waals surface area contributed by atoms with Crippen LogP contribution in [0.2, 0.25) is 0 Å². The third kappa shape index (κ3) is 4.57. The van der Waals surface area contributed by atoms with Crippen molar-refractivity contribution in [2.24, 2.45) is 10.8 Å². The van der Waals surface area contributed by atoms with Crippen molar-refractivity contribution >= 4 is 6.09 Å². The lowest BCUT2D eigenvalue weighted by molar-refractivity contribution is -0.167. The van der Waals surface area contributed by atoms with Crippen LogP contribution in [0.15, 0.2) is 12.3 Å². The lowest BCUT2D eigenvalue weighted by atomic mass is 9.49. The van der Waals surface area contributed by atoms with Crippen molar-refractivity contribution in [3.05, 3.63) is 23.5 Å². The summed E-state index contributed by atoms with van der Waals surface area (Å²) in [5.74, 6) is -0.0850. The largest absolute Gasteiger partial charge is 0.488 e. The van der Waals surface area contributed by atoms with E-state index in [-0.39, 0.29) is 11.8 Å². The molecule has 0 aromatic carbocycles. The SMILES string of the molecule is CC(C)(C)OC(=O)NC1C(C)(C)C(Oc2cnc(C#N)c(C(F)(F)F)c2)C1(C)C. The predicted molar refractivity (Wildman–Crippen MR) is 99.1 cm³/mol. The number of halogens is 3. The Morgan fingerprint density at radius 1 is 1.21 bits per heavy atom. The number of alkyl carbamates (subject to hydrolysis) is 1. The van der Waals surface area contributed by atoms with Crippen molar-refractivity contribution < 1.29 is 27.4 Å². The Morgan fingerprint density at radius 3 is 2.21 bits per heavy atom. The lowest BCUT2D eigenvalue weighted by Gasteiger charge is -2.62. The second-order valence-corrected chi connectivity index (χ2v) is 9.40. The molecular formula is C20H26F3N3O3. The van der Waals surface area contributed by atoms with Crippen molar-refractivity contribution in [1.82, 2.24) is 10.3 Å². The van der Waals surface area contributed by atoms with Gasteiger partial charge in [-0.25, -0.2) is 9.78 Å². The molecular weight excluding hydrogens is 387 g/mol. The van der Waals surface area contributed by atoms with Crippen LogP contribution < -0.4 is 10.1 Å². The van der Waals surface area contributed by atoms with Gasteiger partial charge in [0, 0.05) is 16.9 Å². The van der Waals surface area contributed by atoms with Crippen LogP contribution in [0.1, 0.15) is 59.7 Å². The first-order chi connectivity index (χ1) is 13.0. The minimum atomic E-state index is -4.72. The van der Waals surface area contributed by atoms with E-state index in [0.29, 0.717) is 0 Å². The first-order valence-electron chi connectivity index (χ1n) is 9.13. The van der Waals surface area contributed by atoms with Gasteiger partial charge in [-0.3, -0.25) is 0 Å². The fraction of sp³-hybridized carbons (Fsp3) is 0.650. The zero-order valence-corrected chi connectivity index (χ0v) is 17.6. The molecule has 1 aromatic heterocycles. The number of amides is 1. The third-order valence-electron chi connectivity index (χ3n) is 5.03. The van der Waals surface area contributed by atoms with E-state index in [4.69, 9.17) is 14.7 Å². The highest BCUT2D eigenvalue weighted by molar-refractivity contribution is 5.68. The summed E-state index contributed by atoms with van der Waals surface area (Å²) >= 11 is 0. The van der Waals surface area contributed by atoms with Crippen LogP contribution in [0.3, 0.4) is 0 Å². The Morgan fingerprint density at radius 2 is 1.76 bits per heavy atom. The number of pyridine rings is 1. The summed E-state index contributed by atoms with van der Waals surface area (Å²) in [6.45, 7) is 12.7. The van der Waals surface area contributed by atoms with E-state index in [2.05, 4.69) is 10.3 Å². The molecule has 0 radical (unpaired) electrons. The smallest absolute Gasteiger partial charge is 0.419 e. The third-order valence-corrected chi connectivity index (χ3v) is 5.03. The number of nitrogens with one attached hydrogen (secondary N) is 1. The lowest BCUT2D eigenvalue weighted by Crippen LogP contribution is -2.74. The van der Waals surface area contributed by atoms with Gasteiger partial charge in [-0.2, -0.15) is 18.4 Å². The van der Waals surface area contributed by atoms with Gasteiger partial charge in [0.1, 0.15) is 23.5 Å². The number of carbonyl (C=O) groups excluding carboxylic acids is 1. The average molecular weight is 413 g/mol. The van der Waals surface area contributed by atoms with Crippen molar-refractivity contribution in [3.63, 3.8) is 0 Å². The molecule has 1 fully saturated rings. The molecule has 1 amide bonds. The molecule has 1 N–H and O–H groups in total. The molecule has 1 aromatic rings. The first-order valence-corrected chi connectivity index (χ1v) is 9.13. The van der Waals surface area contributed by atoms with E-state index in [1.54, 1.807) is 20.8 Å². The molecule has 0 unspecified atom stereocenters. The van der Waals surface area contributed by atoms with Gasteiger partial charge in [0.2, 0.25) is 0 Å². The van der Waals surface area contributed by atoms with Gasteiger partial charge in [0.15, 0.2) is 5.69 Å². The summed E-state index contributed by atoms with van der Waals surface area (Å²) in [5.41, 5.74) is -3.68. The maximum atomic E-state index is 13.2. The van der Waals surface area contributed by atoms with Gasteiger partial charge in [0.05, 0.1) is 11.8 Å². The highest BCUT2D eigenvalue weighted by Crippen LogP contribution is 2.55. The number of alkyl halides is 3. The molecule has 0 atom stereocenters. The summed E-state index contributed by atoms with van der Waals surface area (Å²) in [6.07, 6.45) is -4.69. The zero-order valence-electron chi connectivity index (χ0n) is 17.6. The Labute approximate surface area is 168 Å². The first kappa shape index (κ1) is 22.8. The van der Waals surface area contributed by atoms with E-state index in [0.717, 1.165) is 12.3 Å². The maximum absolute atomic E-state index is 13.2. The molecule has 1 aliphatic rings. The van der Waals surface area contributed by atoms with Gasteiger partial charge < -0.3 is 14.8 Å². The van der Waals surface area contributed by atoms with E-state index in [1.807, 2.05) is 27.7 Å². The van der Waals surface area contributed by atoms with E-state index >= 15 is 0 Å². The molecule has 0 spiro atoms. The van der Waals surface area contributed by atoms with Gasteiger partial charge in [-0.05, 0) is 26.8 Å². The van der Waals surface area contributed by atoms with Crippen molar-refractivity contribution in [2.45, 2.75) is 72.4 Å². The molecule has 9 heteroatoms. The minimum absolute atomic E-state index is 0.0850. The minimum Gasteiger partial charge on any atom is -0.488 e. The summed E-state index contributed by atoms with van der Waals surface area (Å²) in [7, 11) is 0. The average Bonchev–Trinajstić information content (AvgIpc) is 2.54. The van der Waals surface area contributed by atoms with Crippen LogP contribution >= 0.6 is 0 Å². The summed E-state index contributed by atoms with van der Waals surface area (Å²) in [4.78, 5) is 15.8. The molecule has 29 heavy (non-hydrogen) atoms. The van der Waals surface area contributed by atoms with E-state index in [1.165, 1.54) is 6.07 Å². The Balaban J connectivity index is 2.23. The van der Waals surface area contributed by atoms with Gasteiger partial charge in [-0.15, -0.1) is 0 Å². The molecule has 0 saturated heterocycles. The molecule has 1 saturated carbocycles. The van der Waals surface area contributed by atoms with E-state index in [9.17, 15) is 18.0 Å². The molecule has 1 heterocycles. The monoisotopic (exact) mass is 413 g/mol. The Bertz CT molecular complexity index is 820. The fourth-order valence-electron chi connectivity index (χ4n) is 4.18. The van der Waals surface area contributed by atoms with Crippen LogP contribution in [-0.2, 0) is 10.9 Å². The van der Waals surface area contributed by atoms with Crippen LogP contribution in [0.5, 0.6) is 5.75 Å². The van der Waals surface area contributed by atoms with Crippen LogP contribution in [-0.4, -0.2) is 28.8 Å². The summed E-state index contributed by atoms with van der Waals surface area (Å²) in [5, 5.41) is 11.7. The number of rotatable bonds is 3. The second kappa shape index (κ2) is 7.08. The topological polar surface area (TPSA) is 84.2 Å². The Kier molecular flexibility index (Phi) is 5.56. The number of nitrogens with zero attached hydrogens (tertiary/aromatic N) is 2. The van der Waals surface area contributed by atoms with E-state index < -0.39 is 46.1 Å². The summed E-state index contributed by atoms with van der Waals surface area (Å²) < 4.78 is 50.7.